The van der Waals surface area contributed by atoms with E-state index in [1.807, 2.05) is 12.1 Å². The number of benzene rings is 1. The Bertz CT molecular complexity index is 564. The second kappa shape index (κ2) is 4.34. The van der Waals surface area contributed by atoms with Crippen LogP contribution >= 0.6 is 27.5 Å². The maximum absolute atomic E-state index is 6.11. The van der Waals surface area contributed by atoms with Crippen molar-refractivity contribution in [2.24, 2.45) is 0 Å². The Hall–Kier alpha value is -0.600. The highest BCUT2D eigenvalue weighted by atomic mass is 79.9. The summed E-state index contributed by atoms with van der Waals surface area (Å²) in [7, 11) is 0. The van der Waals surface area contributed by atoms with Gasteiger partial charge < -0.3 is 0 Å². The van der Waals surface area contributed by atoms with Crippen molar-refractivity contribution < 1.29 is 0 Å². The first kappa shape index (κ1) is 11.9. The molecule has 0 radical (unpaired) electrons. The molecule has 0 aliphatic carbocycles. The minimum Gasteiger partial charge on any atom is -0.253 e. The molecular weight excluding hydrogens is 286 g/mol. The van der Waals surface area contributed by atoms with E-state index in [0.717, 1.165) is 26.8 Å². The summed E-state index contributed by atoms with van der Waals surface area (Å²) in [6.07, 6.45) is 0.961. The lowest BCUT2D eigenvalue weighted by atomic mass is 10.0. The van der Waals surface area contributed by atoms with Gasteiger partial charge in [-0.2, -0.15) is 0 Å². The van der Waals surface area contributed by atoms with Crippen LogP contribution in [0, 0.1) is 13.8 Å². The minimum atomic E-state index is 0.737. The zero-order valence-corrected chi connectivity index (χ0v) is 11.9. The topological polar surface area (TPSA) is 12.9 Å². The van der Waals surface area contributed by atoms with Crippen LogP contribution in [0.5, 0.6) is 0 Å². The number of pyridine rings is 1. The molecule has 1 heterocycles. The SMILES string of the molecule is CCc1nc2cc(Br)c(Cl)cc2c(C)c1C. The lowest BCUT2D eigenvalue weighted by Crippen LogP contribution is -1.97. The van der Waals surface area contributed by atoms with Crippen LogP contribution in [0.4, 0.5) is 0 Å². The van der Waals surface area contributed by atoms with Gasteiger partial charge in [0.2, 0.25) is 0 Å². The summed E-state index contributed by atoms with van der Waals surface area (Å²) in [5.74, 6) is 0. The molecule has 0 fully saturated rings. The number of nitrogens with zero attached hydrogens (tertiary/aromatic N) is 1. The molecular formula is C13H13BrClN. The van der Waals surface area contributed by atoms with Gasteiger partial charge in [-0.1, -0.05) is 18.5 Å². The average molecular weight is 299 g/mol. The van der Waals surface area contributed by atoms with Crippen molar-refractivity contribution in [1.82, 2.24) is 4.98 Å². The number of hydrogen-bond donors (Lipinski definition) is 0. The van der Waals surface area contributed by atoms with Gasteiger partial charge >= 0.3 is 0 Å². The van der Waals surface area contributed by atoms with E-state index in [0.29, 0.717) is 0 Å². The van der Waals surface area contributed by atoms with E-state index < -0.39 is 0 Å². The molecule has 3 heteroatoms. The molecule has 2 aromatic rings. The smallest absolute Gasteiger partial charge is 0.0720 e. The van der Waals surface area contributed by atoms with Crippen molar-refractivity contribution in [1.29, 1.82) is 0 Å². The first-order valence-corrected chi connectivity index (χ1v) is 6.46. The van der Waals surface area contributed by atoms with E-state index in [4.69, 9.17) is 11.6 Å². The zero-order chi connectivity index (χ0) is 11.9. The highest BCUT2D eigenvalue weighted by Crippen LogP contribution is 2.30. The molecule has 84 valence electrons. The van der Waals surface area contributed by atoms with Gasteiger partial charge in [0.05, 0.1) is 10.5 Å². The maximum atomic E-state index is 6.11. The third-order valence-corrected chi connectivity index (χ3v) is 4.23. The number of rotatable bonds is 1. The molecule has 0 N–H and O–H groups in total. The van der Waals surface area contributed by atoms with Gasteiger partial charge in [-0.3, -0.25) is 4.98 Å². The van der Waals surface area contributed by atoms with E-state index in [1.54, 1.807) is 0 Å². The Kier molecular flexibility index (Phi) is 3.22. The van der Waals surface area contributed by atoms with Gasteiger partial charge in [-0.05, 0) is 59.5 Å². The molecule has 1 aromatic carbocycles. The fraction of sp³-hybridized carbons (Fsp3) is 0.308. The van der Waals surface area contributed by atoms with Crippen LogP contribution in [0.3, 0.4) is 0 Å². The summed E-state index contributed by atoms with van der Waals surface area (Å²) >= 11 is 9.54. The lowest BCUT2D eigenvalue weighted by molar-refractivity contribution is 1.02. The number of halogens is 2. The predicted molar refractivity (Wildman–Crippen MR) is 73.3 cm³/mol. The summed E-state index contributed by atoms with van der Waals surface area (Å²) in [6.45, 7) is 6.38. The molecule has 0 spiro atoms. The number of aromatic nitrogens is 1. The van der Waals surface area contributed by atoms with Crippen LogP contribution < -0.4 is 0 Å². The molecule has 2 rings (SSSR count). The standard InChI is InChI=1S/C13H13BrClN/c1-4-12-8(3)7(2)9-5-11(15)10(14)6-13(9)16-12/h5-6H,4H2,1-3H3. The number of fused-ring (bicyclic) bond motifs is 1. The number of aryl methyl sites for hydroxylation is 2. The van der Waals surface area contributed by atoms with Gasteiger partial charge in [0.25, 0.3) is 0 Å². The molecule has 1 aromatic heterocycles. The average Bonchev–Trinajstić information content (AvgIpc) is 2.26. The minimum absolute atomic E-state index is 0.737. The Labute approximate surface area is 109 Å². The maximum Gasteiger partial charge on any atom is 0.0720 e. The monoisotopic (exact) mass is 297 g/mol. The first-order chi connectivity index (χ1) is 7.54. The highest BCUT2D eigenvalue weighted by Gasteiger charge is 2.09. The van der Waals surface area contributed by atoms with Gasteiger partial charge in [0.1, 0.15) is 0 Å². The van der Waals surface area contributed by atoms with Crippen molar-refractivity contribution in [2.45, 2.75) is 27.2 Å². The van der Waals surface area contributed by atoms with Crippen LogP contribution in [-0.4, -0.2) is 4.98 Å². The normalized spacial score (nSPS) is 11.1. The van der Waals surface area contributed by atoms with Gasteiger partial charge in [-0.25, -0.2) is 0 Å². The lowest BCUT2D eigenvalue weighted by Gasteiger charge is -2.11. The quantitative estimate of drug-likeness (QED) is 0.735. The van der Waals surface area contributed by atoms with Crippen LogP contribution in [0.1, 0.15) is 23.7 Å². The Morgan fingerprint density at radius 1 is 1.25 bits per heavy atom. The molecule has 1 nitrogen and oxygen atoms in total. The van der Waals surface area contributed by atoms with Crippen LogP contribution in [0.15, 0.2) is 16.6 Å². The third-order valence-electron chi connectivity index (χ3n) is 3.03. The van der Waals surface area contributed by atoms with Crippen molar-refractivity contribution in [3.63, 3.8) is 0 Å². The van der Waals surface area contributed by atoms with Gasteiger partial charge in [0, 0.05) is 15.6 Å². The molecule has 0 bridgehead atoms. The highest BCUT2D eigenvalue weighted by molar-refractivity contribution is 9.10. The number of hydrogen-bond acceptors (Lipinski definition) is 1. The Balaban J connectivity index is 2.87. The molecule has 0 amide bonds. The van der Waals surface area contributed by atoms with Gasteiger partial charge in [-0.15, -0.1) is 0 Å². The molecule has 0 saturated heterocycles. The van der Waals surface area contributed by atoms with Crippen LogP contribution in [0.25, 0.3) is 10.9 Å². The Morgan fingerprint density at radius 2 is 1.94 bits per heavy atom. The molecule has 0 atom stereocenters. The summed E-state index contributed by atoms with van der Waals surface area (Å²) in [5.41, 5.74) is 4.72. The molecule has 0 unspecified atom stereocenters. The van der Waals surface area contributed by atoms with Crippen molar-refractivity contribution in [2.75, 3.05) is 0 Å². The fourth-order valence-corrected chi connectivity index (χ4v) is 2.42. The van der Waals surface area contributed by atoms with E-state index in [9.17, 15) is 0 Å². The van der Waals surface area contributed by atoms with E-state index >= 15 is 0 Å². The Morgan fingerprint density at radius 3 is 2.56 bits per heavy atom. The summed E-state index contributed by atoms with van der Waals surface area (Å²) in [4.78, 5) is 4.67. The first-order valence-electron chi connectivity index (χ1n) is 5.29. The summed E-state index contributed by atoms with van der Waals surface area (Å²) in [5, 5.41) is 1.88. The molecule has 0 aliphatic heterocycles. The van der Waals surface area contributed by atoms with E-state index in [2.05, 4.69) is 41.7 Å². The second-order valence-electron chi connectivity index (χ2n) is 3.95. The van der Waals surface area contributed by atoms with Crippen molar-refractivity contribution in [3.8, 4) is 0 Å². The second-order valence-corrected chi connectivity index (χ2v) is 5.21. The fourth-order valence-electron chi connectivity index (χ4n) is 1.92. The van der Waals surface area contributed by atoms with E-state index in [-0.39, 0.29) is 0 Å². The van der Waals surface area contributed by atoms with Crippen molar-refractivity contribution in [3.05, 3.63) is 38.4 Å². The third kappa shape index (κ3) is 1.85. The summed E-state index contributed by atoms with van der Waals surface area (Å²) < 4.78 is 0.902. The molecule has 16 heavy (non-hydrogen) atoms. The van der Waals surface area contributed by atoms with Crippen molar-refractivity contribution >= 4 is 38.4 Å². The largest absolute Gasteiger partial charge is 0.253 e. The van der Waals surface area contributed by atoms with Crippen LogP contribution in [0.2, 0.25) is 5.02 Å². The summed E-state index contributed by atoms with van der Waals surface area (Å²) in [6, 6.07) is 3.97. The van der Waals surface area contributed by atoms with Crippen LogP contribution in [-0.2, 0) is 6.42 Å². The predicted octanol–water partition coefficient (Wildman–Crippen LogP) is 4.83. The zero-order valence-electron chi connectivity index (χ0n) is 9.56. The van der Waals surface area contributed by atoms with E-state index in [1.165, 1.54) is 16.8 Å². The van der Waals surface area contributed by atoms with Gasteiger partial charge in [0.15, 0.2) is 0 Å². The molecule has 0 saturated carbocycles. The molecule has 0 aliphatic rings.